The molecule has 0 aliphatic carbocycles. The number of imide groups is 1. The normalized spacial score (nSPS) is 17.8. The minimum Gasteiger partial charge on any atom is -0.360 e. The molecule has 1 saturated heterocycles. The summed E-state index contributed by atoms with van der Waals surface area (Å²) in [6.07, 6.45) is 5.36. The van der Waals surface area contributed by atoms with Crippen LogP contribution in [0.25, 0.3) is 16.8 Å². The number of hydrogen-bond acceptors (Lipinski definition) is 6. The molecule has 0 bridgehead atoms. The third-order valence-electron chi connectivity index (χ3n) is 6.22. The van der Waals surface area contributed by atoms with Gasteiger partial charge in [0.2, 0.25) is 0 Å². The zero-order valence-corrected chi connectivity index (χ0v) is 18.7. The van der Waals surface area contributed by atoms with Crippen LogP contribution in [0.3, 0.4) is 0 Å². The van der Waals surface area contributed by atoms with Gasteiger partial charge in [-0.25, -0.2) is 4.98 Å². The Hall–Kier alpha value is -3.91. The van der Waals surface area contributed by atoms with Gasteiger partial charge in [-0.1, -0.05) is 6.07 Å². The average molecular weight is 443 g/mol. The van der Waals surface area contributed by atoms with Crippen LogP contribution in [0.4, 0.5) is 11.5 Å². The van der Waals surface area contributed by atoms with E-state index in [9.17, 15) is 9.59 Å². The molecule has 5 rings (SSSR count). The summed E-state index contributed by atoms with van der Waals surface area (Å²) in [5.74, 6) is 0.134. The fourth-order valence-corrected chi connectivity index (χ4v) is 4.24. The Balaban J connectivity index is 1.40. The van der Waals surface area contributed by atoms with Crippen molar-refractivity contribution in [3.8, 4) is 11.3 Å². The maximum Gasteiger partial charge on any atom is 0.260 e. The van der Waals surface area contributed by atoms with E-state index in [1.807, 2.05) is 54.2 Å². The molecule has 3 aromatic rings. The Morgan fingerprint density at radius 2 is 1.79 bits per heavy atom. The molecule has 0 radical (unpaired) electrons. The summed E-state index contributed by atoms with van der Waals surface area (Å²) in [5.41, 5.74) is 4.20. The second-order valence-corrected chi connectivity index (χ2v) is 8.45. The Morgan fingerprint density at radius 3 is 2.48 bits per heavy atom. The van der Waals surface area contributed by atoms with Crippen LogP contribution in [0.2, 0.25) is 0 Å². The molecule has 33 heavy (non-hydrogen) atoms. The molecule has 1 fully saturated rings. The van der Waals surface area contributed by atoms with Crippen LogP contribution in [0.15, 0.2) is 61.1 Å². The number of rotatable bonds is 4. The van der Waals surface area contributed by atoms with Gasteiger partial charge in [-0.3, -0.25) is 14.9 Å². The average Bonchev–Trinajstić information content (AvgIpc) is 3.25. The number of fused-ring (bicyclic) bond motifs is 1. The molecule has 1 aromatic carbocycles. The largest absolute Gasteiger partial charge is 0.360 e. The number of amides is 2. The number of hydrogen-bond donors (Lipinski definition) is 2. The highest BCUT2D eigenvalue weighted by atomic mass is 16.2. The first-order valence-electron chi connectivity index (χ1n) is 11.0. The number of nitrogens with one attached hydrogen (secondary N) is 2. The number of aryl methyl sites for hydroxylation is 1. The zero-order chi connectivity index (χ0) is 22.9. The first-order valence-corrected chi connectivity index (χ1v) is 11.0. The summed E-state index contributed by atoms with van der Waals surface area (Å²) in [5, 5.41) is 5.60. The highest BCUT2D eigenvalue weighted by Gasteiger charge is 2.27. The number of piperazine rings is 1. The number of pyridine rings is 1. The van der Waals surface area contributed by atoms with E-state index in [1.54, 1.807) is 18.5 Å². The fraction of sp³-hybridized carbons (Fsp3) is 0.240. The second-order valence-electron chi connectivity index (χ2n) is 8.45. The van der Waals surface area contributed by atoms with Crippen molar-refractivity contribution in [1.82, 2.24) is 19.8 Å². The molecule has 0 spiro atoms. The molecule has 2 N–H and O–H groups in total. The van der Waals surface area contributed by atoms with E-state index in [4.69, 9.17) is 0 Å². The lowest BCUT2D eigenvalue weighted by Crippen LogP contribution is -2.44. The third kappa shape index (κ3) is 4.12. The second kappa shape index (κ2) is 8.55. The topological polar surface area (TPSA) is 82.5 Å². The molecule has 0 saturated carbocycles. The van der Waals surface area contributed by atoms with Crippen molar-refractivity contribution in [2.45, 2.75) is 0 Å². The quantitative estimate of drug-likeness (QED) is 0.477. The van der Waals surface area contributed by atoms with E-state index < -0.39 is 5.91 Å². The van der Waals surface area contributed by atoms with E-state index >= 15 is 0 Å². The van der Waals surface area contributed by atoms with Gasteiger partial charge in [0.05, 0.1) is 17.5 Å². The van der Waals surface area contributed by atoms with E-state index in [0.29, 0.717) is 16.7 Å². The number of likely N-dealkylation sites (N-methyl/N-ethyl adjacent to an activating group) is 1. The fourth-order valence-electron chi connectivity index (χ4n) is 4.24. The Labute approximate surface area is 192 Å². The molecule has 2 aliphatic heterocycles. The van der Waals surface area contributed by atoms with Gasteiger partial charge in [0.15, 0.2) is 0 Å². The predicted octanol–water partition coefficient (Wildman–Crippen LogP) is 2.56. The summed E-state index contributed by atoms with van der Waals surface area (Å²) >= 11 is 0. The molecule has 2 amide bonds. The first kappa shape index (κ1) is 21.0. The summed E-state index contributed by atoms with van der Waals surface area (Å²) in [6, 6.07) is 13.5. The van der Waals surface area contributed by atoms with Crippen molar-refractivity contribution < 1.29 is 9.59 Å². The van der Waals surface area contributed by atoms with Gasteiger partial charge in [0.1, 0.15) is 5.82 Å². The highest BCUT2D eigenvalue weighted by Crippen LogP contribution is 2.30. The summed E-state index contributed by atoms with van der Waals surface area (Å²) < 4.78 is 2.00. The molecule has 2 aliphatic rings. The SMILES string of the molecule is CN1CCN(c2ccc(NC=C3C(=O)NC(=O)c4ccc(-c5cccn5C)cc43)cn2)CC1. The summed E-state index contributed by atoms with van der Waals surface area (Å²) in [6.45, 7) is 3.95. The van der Waals surface area contributed by atoms with Crippen molar-refractivity contribution in [2.24, 2.45) is 7.05 Å². The minimum absolute atomic E-state index is 0.385. The van der Waals surface area contributed by atoms with Crippen LogP contribution >= 0.6 is 0 Å². The zero-order valence-electron chi connectivity index (χ0n) is 18.7. The molecule has 4 heterocycles. The van der Waals surface area contributed by atoms with Gasteiger partial charge in [-0.15, -0.1) is 0 Å². The van der Waals surface area contributed by atoms with E-state index in [1.165, 1.54) is 0 Å². The molecule has 8 heteroatoms. The van der Waals surface area contributed by atoms with Crippen molar-refractivity contribution in [3.63, 3.8) is 0 Å². The van der Waals surface area contributed by atoms with Crippen molar-refractivity contribution in [3.05, 3.63) is 72.2 Å². The standard InChI is InChI=1S/C25H26N6O2/c1-29-10-12-31(13-11-29)23-8-6-18(15-27-23)26-16-21-20-14-17(22-4-3-9-30(22)2)5-7-19(20)24(32)28-25(21)33/h3-9,14-16,26H,10-13H2,1-2H3,(H,28,32,33). The molecule has 8 nitrogen and oxygen atoms in total. The number of carbonyl (C=O) groups excluding carboxylic acids is 2. The first-order chi connectivity index (χ1) is 16.0. The number of anilines is 2. The lowest BCUT2D eigenvalue weighted by molar-refractivity contribution is -0.114. The van der Waals surface area contributed by atoms with Crippen LogP contribution in [0, 0.1) is 0 Å². The van der Waals surface area contributed by atoms with Crippen LogP contribution in [0.1, 0.15) is 15.9 Å². The maximum atomic E-state index is 12.7. The number of benzene rings is 1. The Bertz CT molecular complexity index is 1240. The predicted molar refractivity (Wildman–Crippen MR) is 129 cm³/mol. The van der Waals surface area contributed by atoms with Gasteiger partial charge in [-0.2, -0.15) is 0 Å². The lowest BCUT2D eigenvalue weighted by atomic mass is 9.92. The van der Waals surface area contributed by atoms with Gasteiger partial charge in [0.25, 0.3) is 11.8 Å². The highest BCUT2D eigenvalue weighted by molar-refractivity contribution is 6.31. The van der Waals surface area contributed by atoms with Gasteiger partial charge < -0.3 is 19.7 Å². The lowest BCUT2D eigenvalue weighted by Gasteiger charge is -2.33. The monoisotopic (exact) mass is 442 g/mol. The van der Waals surface area contributed by atoms with Gasteiger partial charge >= 0.3 is 0 Å². The van der Waals surface area contributed by atoms with Gasteiger partial charge in [-0.05, 0) is 49.0 Å². The van der Waals surface area contributed by atoms with Crippen molar-refractivity contribution in [2.75, 3.05) is 43.4 Å². The molecule has 0 atom stereocenters. The van der Waals surface area contributed by atoms with Crippen LogP contribution in [0.5, 0.6) is 0 Å². The van der Waals surface area contributed by atoms with Gasteiger partial charge in [0, 0.05) is 62.4 Å². The van der Waals surface area contributed by atoms with E-state index in [2.05, 4.69) is 32.5 Å². The van der Waals surface area contributed by atoms with Crippen LogP contribution in [-0.4, -0.2) is 59.5 Å². The molecule has 0 unspecified atom stereocenters. The maximum absolute atomic E-state index is 12.7. The molecular weight excluding hydrogens is 416 g/mol. The molecule has 2 aromatic heterocycles. The van der Waals surface area contributed by atoms with Crippen LogP contribution in [-0.2, 0) is 11.8 Å². The smallest absolute Gasteiger partial charge is 0.260 e. The number of nitrogens with zero attached hydrogens (tertiary/aromatic N) is 4. The molecular formula is C25H26N6O2. The Morgan fingerprint density at radius 1 is 0.970 bits per heavy atom. The van der Waals surface area contributed by atoms with Crippen molar-refractivity contribution in [1.29, 1.82) is 0 Å². The number of carbonyl (C=O) groups is 2. The van der Waals surface area contributed by atoms with Crippen LogP contribution < -0.4 is 15.5 Å². The van der Waals surface area contributed by atoms with E-state index in [-0.39, 0.29) is 5.91 Å². The third-order valence-corrected chi connectivity index (χ3v) is 6.22. The molecule has 168 valence electrons. The summed E-state index contributed by atoms with van der Waals surface area (Å²) in [7, 11) is 4.09. The number of aromatic nitrogens is 2. The minimum atomic E-state index is -0.425. The van der Waals surface area contributed by atoms with Crippen molar-refractivity contribution >= 4 is 28.9 Å². The van der Waals surface area contributed by atoms with E-state index in [0.717, 1.165) is 48.9 Å². The Kier molecular flexibility index (Phi) is 5.43. The summed E-state index contributed by atoms with van der Waals surface area (Å²) in [4.78, 5) is 34.2.